The highest BCUT2D eigenvalue weighted by atomic mass is 35.5. The van der Waals surface area contributed by atoms with Crippen molar-refractivity contribution in [2.24, 2.45) is 0 Å². The normalized spacial score (nSPS) is 15.2. The summed E-state index contributed by atoms with van der Waals surface area (Å²) in [6.45, 7) is 1.56. The summed E-state index contributed by atoms with van der Waals surface area (Å²) in [5, 5.41) is 3.05. The number of sulfonamides is 1. The second-order valence-corrected chi connectivity index (χ2v) is 9.29. The van der Waals surface area contributed by atoms with Gasteiger partial charge in [-0.05, 0) is 43.5 Å². The molecule has 1 amide bonds. The molecular weight excluding hydrogens is 416 g/mol. The first-order valence-electron chi connectivity index (χ1n) is 9.59. The summed E-state index contributed by atoms with van der Waals surface area (Å²) < 4.78 is 38.5. The minimum Gasteiger partial charge on any atom is -0.483 e. The Labute approximate surface area is 175 Å². The molecule has 1 saturated carbocycles. The maximum absolute atomic E-state index is 12.6. The summed E-state index contributed by atoms with van der Waals surface area (Å²) in [5.41, 5.74) is 0.644. The van der Waals surface area contributed by atoms with Gasteiger partial charge in [0.05, 0.1) is 17.8 Å². The molecule has 1 aliphatic rings. The third-order valence-corrected chi connectivity index (χ3v) is 6.73. The van der Waals surface area contributed by atoms with Crippen LogP contribution in [0.15, 0.2) is 39.8 Å². The lowest BCUT2D eigenvalue weighted by molar-refractivity contribution is -0.124. The molecule has 1 aliphatic carbocycles. The number of hydrogen-bond acceptors (Lipinski definition) is 5. The van der Waals surface area contributed by atoms with Gasteiger partial charge in [0.1, 0.15) is 16.4 Å². The molecule has 2 aromatic rings. The molecule has 158 valence electrons. The molecule has 0 unspecified atom stereocenters. The first-order chi connectivity index (χ1) is 13.8. The topological polar surface area (TPSA) is 97.6 Å². The van der Waals surface area contributed by atoms with E-state index >= 15 is 0 Å². The highest BCUT2D eigenvalue weighted by Gasteiger charge is 2.21. The summed E-state index contributed by atoms with van der Waals surface area (Å²) in [7, 11) is -3.89. The Morgan fingerprint density at radius 1 is 1.28 bits per heavy atom. The monoisotopic (exact) mass is 440 g/mol. The van der Waals surface area contributed by atoms with E-state index in [1.807, 2.05) is 0 Å². The molecule has 0 radical (unpaired) electrons. The Bertz CT molecular complexity index is 938. The third-order valence-electron chi connectivity index (χ3n) is 4.86. The van der Waals surface area contributed by atoms with E-state index in [-0.39, 0.29) is 35.0 Å². The molecular formula is C20H25ClN2O5S. The lowest BCUT2D eigenvalue weighted by Crippen LogP contribution is -2.39. The summed E-state index contributed by atoms with van der Waals surface area (Å²) in [5.74, 6) is 0.561. The quantitative estimate of drug-likeness (QED) is 0.654. The van der Waals surface area contributed by atoms with Gasteiger partial charge >= 0.3 is 0 Å². The molecule has 29 heavy (non-hydrogen) atoms. The molecule has 0 spiro atoms. The van der Waals surface area contributed by atoms with Crippen molar-refractivity contribution in [1.82, 2.24) is 10.0 Å². The van der Waals surface area contributed by atoms with E-state index in [0.29, 0.717) is 17.1 Å². The molecule has 7 nitrogen and oxygen atoms in total. The number of carbonyl (C=O) groups is 1. The largest absolute Gasteiger partial charge is 0.483 e. The van der Waals surface area contributed by atoms with Crippen LogP contribution < -0.4 is 14.8 Å². The van der Waals surface area contributed by atoms with Gasteiger partial charge in [-0.15, -0.1) is 0 Å². The third kappa shape index (κ3) is 5.98. The zero-order valence-corrected chi connectivity index (χ0v) is 17.8. The molecule has 1 aromatic carbocycles. The van der Waals surface area contributed by atoms with Gasteiger partial charge in [0.2, 0.25) is 10.0 Å². The molecule has 1 heterocycles. The molecule has 3 rings (SSSR count). The minimum absolute atomic E-state index is 0.000473. The number of carbonyl (C=O) groups excluding carboxylic acids is 1. The van der Waals surface area contributed by atoms with Crippen molar-refractivity contribution in [3.05, 3.63) is 46.9 Å². The van der Waals surface area contributed by atoms with Crippen LogP contribution in [0, 0.1) is 6.92 Å². The molecule has 2 N–H and O–H groups in total. The van der Waals surface area contributed by atoms with Gasteiger partial charge < -0.3 is 14.5 Å². The van der Waals surface area contributed by atoms with Gasteiger partial charge in [-0.3, -0.25) is 4.79 Å². The number of amides is 1. The van der Waals surface area contributed by atoms with E-state index in [1.54, 1.807) is 19.1 Å². The number of ether oxygens (including phenoxy) is 1. The van der Waals surface area contributed by atoms with Gasteiger partial charge in [-0.1, -0.05) is 30.9 Å². The Kier molecular flexibility index (Phi) is 7.21. The van der Waals surface area contributed by atoms with Crippen LogP contribution in [0.5, 0.6) is 5.75 Å². The fourth-order valence-corrected chi connectivity index (χ4v) is 4.90. The van der Waals surface area contributed by atoms with E-state index in [9.17, 15) is 13.2 Å². The summed E-state index contributed by atoms with van der Waals surface area (Å²) in [6, 6.07) is 6.38. The molecule has 0 atom stereocenters. The van der Waals surface area contributed by atoms with Gasteiger partial charge in [0.25, 0.3) is 5.91 Å². The van der Waals surface area contributed by atoms with Gasteiger partial charge in [-0.25, -0.2) is 13.1 Å². The van der Waals surface area contributed by atoms with Crippen molar-refractivity contribution >= 4 is 27.5 Å². The minimum atomic E-state index is -3.89. The van der Waals surface area contributed by atoms with Crippen LogP contribution >= 0.6 is 11.6 Å². The fourth-order valence-electron chi connectivity index (χ4n) is 3.31. The molecule has 1 fully saturated rings. The Morgan fingerprint density at radius 2 is 2.03 bits per heavy atom. The number of aryl methyl sites for hydroxylation is 1. The van der Waals surface area contributed by atoms with Crippen molar-refractivity contribution in [2.75, 3.05) is 6.61 Å². The Balaban J connectivity index is 1.65. The predicted octanol–water partition coefficient (Wildman–Crippen LogP) is 3.55. The van der Waals surface area contributed by atoms with Crippen molar-refractivity contribution < 1.29 is 22.4 Å². The first kappa shape index (κ1) is 21.7. The van der Waals surface area contributed by atoms with E-state index in [4.69, 9.17) is 20.8 Å². The first-order valence-corrected chi connectivity index (χ1v) is 11.5. The van der Waals surface area contributed by atoms with Crippen LogP contribution in [0.3, 0.4) is 0 Å². The second kappa shape index (κ2) is 9.65. The number of halogens is 1. The maximum atomic E-state index is 12.6. The van der Waals surface area contributed by atoms with Crippen LogP contribution in [0.1, 0.15) is 43.4 Å². The molecule has 0 bridgehead atoms. The summed E-state index contributed by atoms with van der Waals surface area (Å²) in [6.07, 6.45) is 6.87. The smallest absolute Gasteiger partial charge is 0.258 e. The van der Waals surface area contributed by atoms with E-state index in [0.717, 1.165) is 25.7 Å². The number of benzene rings is 1. The number of rotatable bonds is 8. The number of hydrogen-bond donors (Lipinski definition) is 2. The van der Waals surface area contributed by atoms with Gasteiger partial charge in [-0.2, -0.15) is 0 Å². The van der Waals surface area contributed by atoms with Gasteiger partial charge in [0.15, 0.2) is 6.61 Å². The molecule has 9 heteroatoms. The lowest BCUT2D eigenvalue weighted by atomic mass is 9.95. The van der Waals surface area contributed by atoms with Crippen molar-refractivity contribution in [3.63, 3.8) is 0 Å². The fraction of sp³-hybridized carbons (Fsp3) is 0.450. The second-order valence-electron chi connectivity index (χ2n) is 7.14. The Morgan fingerprint density at radius 3 is 2.72 bits per heavy atom. The molecule has 0 saturated heterocycles. The van der Waals surface area contributed by atoms with E-state index < -0.39 is 10.0 Å². The van der Waals surface area contributed by atoms with Crippen molar-refractivity contribution in [1.29, 1.82) is 0 Å². The molecule has 1 aromatic heterocycles. The summed E-state index contributed by atoms with van der Waals surface area (Å²) >= 11 is 6.16. The van der Waals surface area contributed by atoms with E-state index in [2.05, 4.69) is 10.0 Å². The zero-order valence-electron chi connectivity index (χ0n) is 16.2. The standard InChI is InChI=1S/C20H25ClN2O5S/c1-14-10-17(21)19(29(25,26)22-12-16-8-5-9-27-16)11-18(14)28-13-20(24)23-15-6-3-2-4-7-15/h5,8-11,15,22H,2-4,6-7,12-13H2,1H3,(H,23,24). The SMILES string of the molecule is Cc1cc(Cl)c(S(=O)(=O)NCc2ccco2)cc1OCC(=O)NC1CCCCC1. The van der Waals surface area contributed by atoms with E-state index in [1.165, 1.54) is 24.8 Å². The van der Waals surface area contributed by atoms with Crippen LogP contribution in [0.4, 0.5) is 0 Å². The Hall–Kier alpha value is -2.03. The van der Waals surface area contributed by atoms with Crippen molar-refractivity contribution in [2.45, 2.75) is 56.5 Å². The van der Waals surface area contributed by atoms with Crippen LogP contribution in [-0.4, -0.2) is 27.0 Å². The predicted molar refractivity (Wildman–Crippen MR) is 109 cm³/mol. The highest BCUT2D eigenvalue weighted by molar-refractivity contribution is 7.89. The zero-order chi connectivity index (χ0) is 20.9. The lowest BCUT2D eigenvalue weighted by Gasteiger charge is -2.22. The summed E-state index contributed by atoms with van der Waals surface area (Å²) in [4.78, 5) is 12.1. The van der Waals surface area contributed by atoms with Crippen LogP contribution in [0.2, 0.25) is 5.02 Å². The van der Waals surface area contributed by atoms with Gasteiger partial charge in [0, 0.05) is 12.1 Å². The highest BCUT2D eigenvalue weighted by Crippen LogP contribution is 2.30. The molecule has 0 aliphatic heterocycles. The van der Waals surface area contributed by atoms with Crippen molar-refractivity contribution in [3.8, 4) is 5.75 Å². The average Bonchev–Trinajstić information content (AvgIpc) is 3.20. The number of nitrogens with one attached hydrogen (secondary N) is 2. The maximum Gasteiger partial charge on any atom is 0.258 e. The van der Waals surface area contributed by atoms with Crippen LogP contribution in [0.25, 0.3) is 0 Å². The average molecular weight is 441 g/mol. The van der Waals surface area contributed by atoms with Crippen LogP contribution in [-0.2, 0) is 21.4 Å². The number of furan rings is 1.